The van der Waals surface area contributed by atoms with Crippen LogP contribution in [-0.2, 0) is 4.79 Å². The van der Waals surface area contributed by atoms with Gasteiger partial charge >= 0.3 is 0 Å². The van der Waals surface area contributed by atoms with Gasteiger partial charge in [0, 0.05) is 18.5 Å². The van der Waals surface area contributed by atoms with E-state index in [1.54, 1.807) is 0 Å². The molecule has 90 valence electrons. The fourth-order valence-corrected chi connectivity index (χ4v) is 1.34. The first-order chi connectivity index (χ1) is 6.91. The van der Waals surface area contributed by atoms with E-state index in [1.165, 1.54) is 6.42 Å². The molecule has 0 aliphatic carbocycles. The number of rotatable bonds is 6. The topological polar surface area (TPSA) is 32.3 Å². The molecule has 0 aliphatic rings. The van der Waals surface area contributed by atoms with Gasteiger partial charge in [0.15, 0.2) is 0 Å². The predicted octanol–water partition coefficient (Wildman–Crippen LogP) is 1.88. The Morgan fingerprint density at radius 2 is 1.80 bits per heavy atom. The Labute approximate surface area is 94.2 Å². The van der Waals surface area contributed by atoms with Gasteiger partial charge in [0.2, 0.25) is 5.91 Å². The SMILES string of the molecule is CCCN(CC)CCNC(=O)C(C)(C)C. The van der Waals surface area contributed by atoms with Crippen molar-refractivity contribution in [1.29, 1.82) is 0 Å². The smallest absolute Gasteiger partial charge is 0.225 e. The van der Waals surface area contributed by atoms with Crippen LogP contribution in [0.5, 0.6) is 0 Å². The van der Waals surface area contributed by atoms with Gasteiger partial charge in [0.05, 0.1) is 0 Å². The van der Waals surface area contributed by atoms with Crippen molar-refractivity contribution < 1.29 is 4.79 Å². The normalized spacial score (nSPS) is 11.9. The standard InChI is InChI=1S/C12H26N2O/c1-6-9-14(7-2)10-8-13-11(15)12(3,4)5/h6-10H2,1-5H3,(H,13,15). The van der Waals surface area contributed by atoms with Gasteiger partial charge in [0.25, 0.3) is 0 Å². The van der Waals surface area contributed by atoms with Crippen molar-refractivity contribution >= 4 is 5.91 Å². The molecule has 0 aliphatic heterocycles. The minimum atomic E-state index is -0.276. The zero-order chi connectivity index (χ0) is 11.9. The summed E-state index contributed by atoms with van der Waals surface area (Å²) in [7, 11) is 0. The number of carbonyl (C=O) groups is 1. The third kappa shape index (κ3) is 6.50. The lowest BCUT2D eigenvalue weighted by Crippen LogP contribution is -2.40. The van der Waals surface area contributed by atoms with E-state index in [0.29, 0.717) is 0 Å². The van der Waals surface area contributed by atoms with Crippen molar-refractivity contribution in [3.05, 3.63) is 0 Å². The summed E-state index contributed by atoms with van der Waals surface area (Å²) in [4.78, 5) is 13.9. The number of likely N-dealkylation sites (N-methyl/N-ethyl adjacent to an activating group) is 1. The molecule has 0 bridgehead atoms. The lowest BCUT2D eigenvalue weighted by atomic mass is 9.96. The van der Waals surface area contributed by atoms with Crippen molar-refractivity contribution in [2.24, 2.45) is 5.41 Å². The molecule has 0 rings (SSSR count). The maximum atomic E-state index is 11.6. The number of carbonyl (C=O) groups excluding carboxylic acids is 1. The Hall–Kier alpha value is -0.570. The Balaban J connectivity index is 3.73. The average Bonchev–Trinajstić information content (AvgIpc) is 2.14. The number of hydrogen-bond acceptors (Lipinski definition) is 2. The molecule has 0 heterocycles. The second-order valence-corrected chi connectivity index (χ2v) is 4.94. The van der Waals surface area contributed by atoms with Crippen LogP contribution in [-0.4, -0.2) is 37.0 Å². The van der Waals surface area contributed by atoms with Crippen LogP contribution < -0.4 is 5.32 Å². The van der Waals surface area contributed by atoms with Crippen LogP contribution in [0.25, 0.3) is 0 Å². The lowest BCUT2D eigenvalue weighted by Gasteiger charge is -2.22. The van der Waals surface area contributed by atoms with E-state index in [2.05, 4.69) is 24.1 Å². The zero-order valence-electron chi connectivity index (χ0n) is 10.9. The van der Waals surface area contributed by atoms with E-state index >= 15 is 0 Å². The zero-order valence-corrected chi connectivity index (χ0v) is 10.9. The Morgan fingerprint density at radius 1 is 1.20 bits per heavy atom. The second kappa shape index (κ2) is 6.83. The van der Waals surface area contributed by atoms with Crippen LogP contribution in [0.15, 0.2) is 0 Å². The number of nitrogens with zero attached hydrogens (tertiary/aromatic N) is 1. The summed E-state index contributed by atoms with van der Waals surface area (Å²) in [5, 5.41) is 2.97. The highest BCUT2D eigenvalue weighted by Crippen LogP contribution is 2.11. The molecule has 0 saturated heterocycles. The molecule has 0 aromatic carbocycles. The summed E-state index contributed by atoms with van der Waals surface area (Å²) in [6.07, 6.45) is 1.17. The van der Waals surface area contributed by atoms with Gasteiger partial charge in [-0.1, -0.05) is 34.6 Å². The van der Waals surface area contributed by atoms with Gasteiger partial charge in [-0.3, -0.25) is 4.79 Å². The van der Waals surface area contributed by atoms with Crippen LogP contribution in [0.3, 0.4) is 0 Å². The molecule has 1 N–H and O–H groups in total. The lowest BCUT2D eigenvalue weighted by molar-refractivity contribution is -0.128. The van der Waals surface area contributed by atoms with E-state index in [0.717, 1.165) is 26.2 Å². The molecule has 0 unspecified atom stereocenters. The summed E-state index contributed by atoms with van der Waals surface area (Å²) in [6, 6.07) is 0. The highest BCUT2D eigenvalue weighted by molar-refractivity contribution is 5.81. The summed E-state index contributed by atoms with van der Waals surface area (Å²) >= 11 is 0. The van der Waals surface area contributed by atoms with Crippen LogP contribution in [0, 0.1) is 5.41 Å². The molecule has 0 fully saturated rings. The number of nitrogens with one attached hydrogen (secondary N) is 1. The molecule has 15 heavy (non-hydrogen) atoms. The van der Waals surface area contributed by atoms with Gasteiger partial charge in [-0.15, -0.1) is 0 Å². The first kappa shape index (κ1) is 14.4. The minimum absolute atomic E-state index is 0.134. The average molecular weight is 214 g/mol. The van der Waals surface area contributed by atoms with E-state index < -0.39 is 0 Å². The van der Waals surface area contributed by atoms with Crippen LogP contribution in [0.1, 0.15) is 41.0 Å². The fraction of sp³-hybridized carbons (Fsp3) is 0.917. The van der Waals surface area contributed by atoms with Crippen molar-refractivity contribution in [3.63, 3.8) is 0 Å². The molecule has 0 aromatic rings. The molecule has 0 saturated carbocycles. The van der Waals surface area contributed by atoms with Gasteiger partial charge in [-0.05, 0) is 19.5 Å². The molecule has 0 radical (unpaired) electrons. The van der Waals surface area contributed by atoms with Crippen LogP contribution in [0.4, 0.5) is 0 Å². The summed E-state index contributed by atoms with van der Waals surface area (Å²) in [6.45, 7) is 14.0. The van der Waals surface area contributed by atoms with E-state index in [9.17, 15) is 4.79 Å². The largest absolute Gasteiger partial charge is 0.354 e. The second-order valence-electron chi connectivity index (χ2n) is 4.94. The monoisotopic (exact) mass is 214 g/mol. The highest BCUT2D eigenvalue weighted by atomic mass is 16.2. The van der Waals surface area contributed by atoms with Crippen LogP contribution in [0.2, 0.25) is 0 Å². The van der Waals surface area contributed by atoms with Crippen molar-refractivity contribution in [3.8, 4) is 0 Å². The first-order valence-corrected chi connectivity index (χ1v) is 5.92. The minimum Gasteiger partial charge on any atom is -0.354 e. The third-order valence-electron chi connectivity index (χ3n) is 2.38. The molecule has 3 nitrogen and oxygen atoms in total. The van der Waals surface area contributed by atoms with Gasteiger partial charge < -0.3 is 10.2 Å². The molecule has 1 amide bonds. The number of amides is 1. The Bertz CT molecular complexity index is 185. The highest BCUT2D eigenvalue weighted by Gasteiger charge is 2.20. The van der Waals surface area contributed by atoms with Gasteiger partial charge in [-0.2, -0.15) is 0 Å². The Kier molecular flexibility index (Phi) is 6.57. The molecular weight excluding hydrogens is 188 g/mol. The van der Waals surface area contributed by atoms with Crippen molar-refractivity contribution in [2.45, 2.75) is 41.0 Å². The van der Waals surface area contributed by atoms with E-state index in [1.807, 2.05) is 20.8 Å². The summed E-state index contributed by atoms with van der Waals surface area (Å²) in [5.41, 5.74) is -0.276. The molecule has 0 atom stereocenters. The van der Waals surface area contributed by atoms with Crippen molar-refractivity contribution in [1.82, 2.24) is 10.2 Å². The van der Waals surface area contributed by atoms with E-state index in [-0.39, 0.29) is 11.3 Å². The first-order valence-electron chi connectivity index (χ1n) is 5.92. The Morgan fingerprint density at radius 3 is 2.20 bits per heavy atom. The third-order valence-corrected chi connectivity index (χ3v) is 2.38. The maximum Gasteiger partial charge on any atom is 0.225 e. The fourth-order valence-electron chi connectivity index (χ4n) is 1.34. The maximum absolute atomic E-state index is 11.6. The molecule has 3 heteroatoms. The van der Waals surface area contributed by atoms with Crippen LogP contribution >= 0.6 is 0 Å². The van der Waals surface area contributed by atoms with Gasteiger partial charge in [-0.25, -0.2) is 0 Å². The number of hydrogen-bond donors (Lipinski definition) is 1. The molecule has 0 aromatic heterocycles. The van der Waals surface area contributed by atoms with Gasteiger partial charge in [0.1, 0.15) is 0 Å². The molecular formula is C12H26N2O. The summed E-state index contributed by atoms with van der Waals surface area (Å²) < 4.78 is 0. The summed E-state index contributed by atoms with van der Waals surface area (Å²) in [5.74, 6) is 0.134. The quantitative estimate of drug-likeness (QED) is 0.732. The van der Waals surface area contributed by atoms with E-state index in [4.69, 9.17) is 0 Å². The van der Waals surface area contributed by atoms with Crippen molar-refractivity contribution in [2.75, 3.05) is 26.2 Å². The molecule has 0 spiro atoms. The predicted molar refractivity (Wildman–Crippen MR) is 64.9 cm³/mol.